The zero-order valence-electron chi connectivity index (χ0n) is 18.3. The van der Waals surface area contributed by atoms with Gasteiger partial charge in [-0.05, 0) is 43.7 Å². The molecule has 4 rings (SSSR count). The van der Waals surface area contributed by atoms with E-state index < -0.39 is 18.4 Å². The summed E-state index contributed by atoms with van der Waals surface area (Å²) in [5.74, 6) is -3.86. The molecule has 0 aliphatic carbocycles. The van der Waals surface area contributed by atoms with Gasteiger partial charge in [0.15, 0.2) is 0 Å². The highest BCUT2D eigenvalue weighted by atomic mass is 35.5. The Labute approximate surface area is 210 Å². The maximum atomic E-state index is 15.0. The molecule has 3 nitrogen and oxygen atoms in total. The van der Waals surface area contributed by atoms with Crippen LogP contribution < -0.4 is 5.32 Å². The van der Waals surface area contributed by atoms with Crippen LogP contribution in [0.15, 0.2) is 76.7 Å². The molecule has 0 aliphatic rings. The summed E-state index contributed by atoms with van der Waals surface area (Å²) in [6.07, 6.45) is 1.54. The van der Waals surface area contributed by atoms with Gasteiger partial charge in [-0.1, -0.05) is 76.9 Å². The summed E-state index contributed by atoms with van der Waals surface area (Å²) in [5, 5.41) is 3.93. The number of hydrogen-bond acceptors (Lipinski definition) is 3. The molecule has 3 aromatic carbocycles. The average molecular weight is 517 g/mol. The fourth-order valence-corrected chi connectivity index (χ4v) is 5.18. The van der Waals surface area contributed by atoms with Crippen molar-refractivity contribution in [2.24, 2.45) is 0 Å². The maximum absolute atomic E-state index is 15.0. The van der Waals surface area contributed by atoms with Crippen LogP contribution in [0.4, 0.5) is 8.78 Å². The van der Waals surface area contributed by atoms with Crippen molar-refractivity contribution in [1.82, 2.24) is 10.3 Å². The van der Waals surface area contributed by atoms with Gasteiger partial charge in [-0.3, -0.25) is 9.78 Å². The normalized spacial score (nSPS) is 11.6. The number of alkyl halides is 2. The number of rotatable bonds is 6. The van der Waals surface area contributed by atoms with Crippen molar-refractivity contribution < 1.29 is 13.6 Å². The summed E-state index contributed by atoms with van der Waals surface area (Å²) < 4.78 is 30.0. The van der Waals surface area contributed by atoms with Gasteiger partial charge in [-0.2, -0.15) is 8.78 Å². The first-order valence-corrected chi connectivity index (χ1v) is 12.0. The zero-order chi connectivity index (χ0) is 24.5. The summed E-state index contributed by atoms with van der Waals surface area (Å²) in [7, 11) is 0. The number of fused-ring (bicyclic) bond motifs is 1. The topological polar surface area (TPSA) is 42.0 Å². The molecule has 8 heteroatoms. The predicted octanol–water partition coefficient (Wildman–Crippen LogP) is 7.83. The van der Waals surface area contributed by atoms with Gasteiger partial charge >= 0.3 is 0 Å². The lowest BCUT2D eigenvalue weighted by molar-refractivity contribution is -0.00308. The first kappa shape index (κ1) is 24.5. The molecule has 0 unspecified atom stereocenters. The Morgan fingerprint density at radius 1 is 1.03 bits per heavy atom. The number of carbonyl (C=O) groups is 1. The summed E-state index contributed by atoms with van der Waals surface area (Å²) in [5.41, 5.74) is 2.09. The van der Waals surface area contributed by atoms with Crippen molar-refractivity contribution in [3.05, 3.63) is 99.2 Å². The highest BCUT2D eigenvalue weighted by Crippen LogP contribution is 2.38. The van der Waals surface area contributed by atoms with Crippen LogP contribution in [0, 0.1) is 13.8 Å². The molecule has 1 N–H and O–H groups in total. The summed E-state index contributed by atoms with van der Waals surface area (Å²) in [4.78, 5) is 18.8. The van der Waals surface area contributed by atoms with Crippen LogP contribution in [0.2, 0.25) is 10.0 Å². The number of amides is 1. The minimum absolute atomic E-state index is 0.113. The second-order valence-electron chi connectivity index (χ2n) is 7.90. The second kappa shape index (κ2) is 9.90. The number of para-hydroxylation sites is 1. The quantitative estimate of drug-likeness (QED) is 0.283. The van der Waals surface area contributed by atoms with Crippen LogP contribution in [0.5, 0.6) is 0 Å². The monoisotopic (exact) mass is 516 g/mol. The van der Waals surface area contributed by atoms with Crippen molar-refractivity contribution >= 4 is 51.8 Å². The Kier molecular flexibility index (Phi) is 7.12. The molecule has 174 valence electrons. The molecular formula is C26H20Cl2F2N2OS. The number of benzene rings is 3. The molecule has 1 aromatic heterocycles. The maximum Gasteiger partial charge on any atom is 0.290 e. The number of nitrogens with one attached hydrogen (secondary N) is 1. The largest absolute Gasteiger partial charge is 0.346 e. The lowest BCUT2D eigenvalue weighted by Gasteiger charge is -2.20. The van der Waals surface area contributed by atoms with Gasteiger partial charge in [0.2, 0.25) is 0 Å². The third kappa shape index (κ3) is 5.19. The minimum atomic E-state index is -3.24. The predicted molar refractivity (Wildman–Crippen MR) is 134 cm³/mol. The van der Waals surface area contributed by atoms with E-state index in [0.29, 0.717) is 36.3 Å². The van der Waals surface area contributed by atoms with Crippen molar-refractivity contribution in [2.45, 2.75) is 29.6 Å². The lowest BCUT2D eigenvalue weighted by atomic mass is 10.00. The molecule has 0 bridgehead atoms. The van der Waals surface area contributed by atoms with Gasteiger partial charge in [0, 0.05) is 32.0 Å². The standard InChI is InChI=1S/C26H20Cl2F2N2OS/c1-15-7-9-19(16(2)11-15)26(29,30)14-32-25(33)24-18-5-3-4-6-21(18)31-13-23(24)34-22-12-17(27)8-10-20(22)28/h3-13H,14H2,1-2H3,(H,32,33). The molecule has 0 radical (unpaired) electrons. The minimum Gasteiger partial charge on any atom is -0.346 e. The van der Waals surface area contributed by atoms with Gasteiger partial charge in [-0.25, -0.2) is 0 Å². The van der Waals surface area contributed by atoms with E-state index in [9.17, 15) is 4.79 Å². The molecule has 34 heavy (non-hydrogen) atoms. The SMILES string of the molecule is Cc1ccc(C(F)(F)CNC(=O)c2c(Sc3cc(Cl)ccc3Cl)cnc3ccccc23)c(C)c1. The number of hydrogen-bond donors (Lipinski definition) is 1. The molecule has 0 atom stereocenters. The highest BCUT2D eigenvalue weighted by molar-refractivity contribution is 7.99. The fourth-order valence-electron chi connectivity index (χ4n) is 3.71. The van der Waals surface area contributed by atoms with Crippen LogP contribution in [0.3, 0.4) is 0 Å². The summed E-state index contributed by atoms with van der Waals surface area (Å²) >= 11 is 13.6. The average Bonchev–Trinajstić information content (AvgIpc) is 2.79. The Balaban J connectivity index is 1.68. The van der Waals surface area contributed by atoms with Gasteiger partial charge in [0.25, 0.3) is 11.8 Å². The van der Waals surface area contributed by atoms with Crippen molar-refractivity contribution in [2.75, 3.05) is 6.54 Å². The van der Waals surface area contributed by atoms with E-state index in [0.717, 1.165) is 5.56 Å². The summed E-state index contributed by atoms with van der Waals surface area (Å²) in [6.45, 7) is 2.64. The number of aryl methyl sites for hydroxylation is 2. The van der Waals surface area contributed by atoms with E-state index in [1.807, 2.05) is 6.92 Å². The molecular weight excluding hydrogens is 497 g/mol. The van der Waals surface area contributed by atoms with Crippen molar-refractivity contribution in [3.8, 4) is 0 Å². The van der Waals surface area contributed by atoms with Crippen LogP contribution in [0.1, 0.15) is 27.0 Å². The molecule has 4 aromatic rings. The van der Waals surface area contributed by atoms with Gasteiger partial charge < -0.3 is 5.32 Å². The Morgan fingerprint density at radius 3 is 2.56 bits per heavy atom. The van der Waals surface area contributed by atoms with E-state index in [4.69, 9.17) is 23.2 Å². The van der Waals surface area contributed by atoms with Crippen LogP contribution in [-0.4, -0.2) is 17.4 Å². The molecule has 0 saturated heterocycles. The third-order valence-corrected chi connectivity index (χ3v) is 7.09. The first-order chi connectivity index (χ1) is 16.2. The van der Waals surface area contributed by atoms with Gasteiger partial charge in [0.05, 0.1) is 22.6 Å². The van der Waals surface area contributed by atoms with E-state index in [1.54, 1.807) is 67.7 Å². The van der Waals surface area contributed by atoms with Crippen LogP contribution in [0.25, 0.3) is 10.9 Å². The van der Waals surface area contributed by atoms with Gasteiger partial charge in [-0.15, -0.1) is 0 Å². The van der Waals surface area contributed by atoms with Crippen LogP contribution >= 0.6 is 35.0 Å². The third-order valence-electron chi connectivity index (χ3n) is 5.33. The number of carbonyl (C=O) groups excluding carboxylic acids is 1. The Morgan fingerprint density at radius 2 is 1.79 bits per heavy atom. The number of aromatic nitrogens is 1. The zero-order valence-corrected chi connectivity index (χ0v) is 20.7. The first-order valence-electron chi connectivity index (χ1n) is 10.4. The molecule has 1 heterocycles. The second-order valence-corrected chi connectivity index (χ2v) is 9.82. The number of halogens is 4. The van der Waals surface area contributed by atoms with Crippen molar-refractivity contribution in [1.29, 1.82) is 0 Å². The molecule has 0 aliphatic heterocycles. The van der Waals surface area contributed by atoms with Gasteiger partial charge in [0.1, 0.15) is 0 Å². The van der Waals surface area contributed by atoms with E-state index >= 15 is 8.78 Å². The molecule has 0 spiro atoms. The number of nitrogens with zero attached hydrogens (tertiary/aromatic N) is 1. The molecule has 1 amide bonds. The Bertz CT molecular complexity index is 1390. The lowest BCUT2D eigenvalue weighted by Crippen LogP contribution is -2.35. The molecule has 0 saturated carbocycles. The van der Waals surface area contributed by atoms with E-state index in [1.165, 1.54) is 17.8 Å². The summed E-state index contributed by atoms with van der Waals surface area (Å²) in [6, 6.07) is 16.8. The Hall–Kier alpha value is -2.67. The van der Waals surface area contributed by atoms with Crippen molar-refractivity contribution in [3.63, 3.8) is 0 Å². The fraction of sp³-hybridized carbons (Fsp3) is 0.154. The van der Waals surface area contributed by atoms with E-state index in [-0.39, 0.29) is 11.1 Å². The van der Waals surface area contributed by atoms with Crippen LogP contribution in [-0.2, 0) is 5.92 Å². The van der Waals surface area contributed by atoms with E-state index in [2.05, 4.69) is 10.3 Å². The highest BCUT2D eigenvalue weighted by Gasteiger charge is 2.34. The molecule has 0 fully saturated rings. The smallest absolute Gasteiger partial charge is 0.290 e. The number of pyridine rings is 1.